The van der Waals surface area contributed by atoms with Crippen LogP contribution in [0.2, 0.25) is 0 Å². The lowest BCUT2D eigenvalue weighted by molar-refractivity contribution is 0.709. The molecule has 1 aromatic carbocycles. The summed E-state index contributed by atoms with van der Waals surface area (Å²) in [5, 5.41) is 9.70. The van der Waals surface area contributed by atoms with Crippen LogP contribution in [0.4, 0.5) is 0 Å². The SMILES string of the molecule is CSc1nccn1Cc1ccc(C#N)cc1.Cl. The van der Waals surface area contributed by atoms with Crippen LogP contribution in [0, 0.1) is 11.3 Å². The minimum atomic E-state index is 0. The Morgan fingerprint density at radius 2 is 2.06 bits per heavy atom. The van der Waals surface area contributed by atoms with Crippen molar-refractivity contribution in [2.75, 3.05) is 6.26 Å². The number of nitriles is 1. The van der Waals surface area contributed by atoms with Crippen molar-refractivity contribution in [1.82, 2.24) is 9.55 Å². The third kappa shape index (κ3) is 3.26. The monoisotopic (exact) mass is 265 g/mol. The first kappa shape index (κ1) is 13.6. The zero-order valence-electron chi connectivity index (χ0n) is 9.33. The molecule has 0 unspecified atom stereocenters. The van der Waals surface area contributed by atoms with Crippen LogP contribution in [0.15, 0.2) is 41.8 Å². The van der Waals surface area contributed by atoms with E-state index in [1.165, 1.54) is 5.56 Å². The van der Waals surface area contributed by atoms with Crippen LogP contribution in [0.1, 0.15) is 11.1 Å². The fourth-order valence-corrected chi connectivity index (χ4v) is 2.01. The lowest BCUT2D eigenvalue weighted by Gasteiger charge is -2.05. The largest absolute Gasteiger partial charge is 0.322 e. The van der Waals surface area contributed by atoms with Crippen LogP contribution >= 0.6 is 24.2 Å². The quantitative estimate of drug-likeness (QED) is 0.802. The van der Waals surface area contributed by atoms with Crippen LogP contribution in [0.3, 0.4) is 0 Å². The molecular formula is C12H12ClN3S. The van der Waals surface area contributed by atoms with Crippen LogP contribution in [0.25, 0.3) is 0 Å². The van der Waals surface area contributed by atoms with Crippen molar-refractivity contribution < 1.29 is 0 Å². The summed E-state index contributed by atoms with van der Waals surface area (Å²) in [6.07, 6.45) is 5.77. The molecule has 88 valence electrons. The number of nitrogens with zero attached hydrogens (tertiary/aromatic N) is 3. The zero-order valence-corrected chi connectivity index (χ0v) is 11.0. The van der Waals surface area contributed by atoms with E-state index in [-0.39, 0.29) is 12.4 Å². The number of imidazole rings is 1. The molecule has 0 bridgehead atoms. The Hall–Kier alpha value is -1.44. The predicted octanol–water partition coefficient (Wildman–Crippen LogP) is 2.95. The zero-order chi connectivity index (χ0) is 11.4. The standard InChI is InChI=1S/C12H11N3S.ClH/c1-16-12-14-6-7-15(12)9-11-4-2-10(8-13)3-5-11;/h2-7H,9H2,1H3;1H. The number of halogens is 1. The van der Waals surface area contributed by atoms with Crippen molar-refractivity contribution in [2.45, 2.75) is 11.7 Å². The van der Waals surface area contributed by atoms with E-state index in [9.17, 15) is 0 Å². The number of hydrogen-bond acceptors (Lipinski definition) is 3. The Bertz CT molecular complexity index is 513. The molecule has 0 amide bonds. The van der Waals surface area contributed by atoms with Gasteiger partial charge in [0.05, 0.1) is 11.6 Å². The van der Waals surface area contributed by atoms with Crippen molar-refractivity contribution in [3.8, 4) is 6.07 Å². The van der Waals surface area contributed by atoms with Gasteiger partial charge in [0.2, 0.25) is 0 Å². The van der Waals surface area contributed by atoms with Gasteiger partial charge in [-0.25, -0.2) is 4.98 Å². The molecule has 3 nitrogen and oxygen atoms in total. The fourth-order valence-electron chi connectivity index (χ4n) is 1.49. The molecule has 2 aromatic rings. The Morgan fingerprint density at radius 3 is 2.65 bits per heavy atom. The second kappa shape index (κ2) is 6.33. The Morgan fingerprint density at radius 1 is 1.35 bits per heavy atom. The molecule has 0 radical (unpaired) electrons. The summed E-state index contributed by atoms with van der Waals surface area (Å²) in [5.41, 5.74) is 1.87. The van der Waals surface area contributed by atoms with E-state index in [0.717, 1.165) is 11.7 Å². The van der Waals surface area contributed by atoms with Crippen LogP contribution in [-0.2, 0) is 6.54 Å². The maximum atomic E-state index is 8.70. The molecule has 0 fully saturated rings. The molecule has 0 saturated heterocycles. The molecule has 2 rings (SSSR count). The van der Waals surface area contributed by atoms with Crippen molar-refractivity contribution >= 4 is 24.2 Å². The molecule has 0 saturated carbocycles. The molecule has 0 N–H and O–H groups in total. The van der Waals surface area contributed by atoms with Gasteiger partial charge in [-0.15, -0.1) is 12.4 Å². The van der Waals surface area contributed by atoms with Gasteiger partial charge in [0.25, 0.3) is 0 Å². The third-order valence-corrected chi connectivity index (χ3v) is 3.00. The summed E-state index contributed by atoms with van der Waals surface area (Å²) in [4.78, 5) is 4.24. The fraction of sp³-hybridized carbons (Fsp3) is 0.167. The first-order valence-electron chi connectivity index (χ1n) is 4.87. The molecule has 0 aliphatic rings. The minimum absolute atomic E-state index is 0. The first-order valence-corrected chi connectivity index (χ1v) is 6.10. The maximum Gasteiger partial charge on any atom is 0.167 e. The van der Waals surface area contributed by atoms with Crippen molar-refractivity contribution in [3.05, 3.63) is 47.8 Å². The van der Waals surface area contributed by atoms with Gasteiger partial charge in [-0.05, 0) is 24.0 Å². The second-order valence-corrected chi connectivity index (χ2v) is 4.12. The molecular weight excluding hydrogens is 254 g/mol. The van der Waals surface area contributed by atoms with E-state index in [0.29, 0.717) is 5.56 Å². The first-order chi connectivity index (χ1) is 7.83. The number of rotatable bonds is 3. The van der Waals surface area contributed by atoms with E-state index < -0.39 is 0 Å². The molecule has 5 heteroatoms. The Labute approximate surface area is 111 Å². The van der Waals surface area contributed by atoms with Crippen molar-refractivity contribution in [1.29, 1.82) is 5.26 Å². The average Bonchev–Trinajstić information content (AvgIpc) is 2.77. The molecule has 0 aliphatic carbocycles. The Kier molecular flexibility index (Phi) is 5.08. The maximum absolute atomic E-state index is 8.70. The number of benzene rings is 1. The van der Waals surface area contributed by atoms with Gasteiger partial charge in [-0.1, -0.05) is 23.9 Å². The van der Waals surface area contributed by atoms with E-state index in [2.05, 4.69) is 15.6 Å². The number of hydrogen-bond donors (Lipinski definition) is 0. The minimum Gasteiger partial charge on any atom is -0.322 e. The lowest BCUT2D eigenvalue weighted by Crippen LogP contribution is -1.99. The normalized spacial score (nSPS) is 9.41. The van der Waals surface area contributed by atoms with E-state index in [1.54, 1.807) is 18.0 Å². The Balaban J connectivity index is 0.00000144. The summed E-state index contributed by atoms with van der Waals surface area (Å²) >= 11 is 1.63. The summed E-state index contributed by atoms with van der Waals surface area (Å²) in [6, 6.07) is 9.74. The van der Waals surface area contributed by atoms with E-state index >= 15 is 0 Å². The highest BCUT2D eigenvalue weighted by Crippen LogP contribution is 2.14. The van der Waals surface area contributed by atoms with Crippen LogP contribution in [0.5, 0.6) is 0 Å². The summed E-state index contributed by atoms with van der Waals surface area (Å²) in [7, 11) is 0. The van der Waals surface area contributed by atoms with Gasteiger partial charge in [0, 0.05) is 18.9 Å². The molecule has 1 aromatic heterocycles. The van der Waals surface area contributed by atoms with Gasteiger partial charge in [-0.3, -0.25) is 0 Å². The van der Waals surface area contributed by atoms with Crippen LogP contribution < -0.4 is 0 Å². The average molecular weight is 266 g/mol. The highest BCUT2D eigenvalue weighted by Gasteiger charge is 2.01. The van der Waals surface area contributed by atoms with Gasteiger partial charge >= 0.3 is 0 Å². The second-order valence-electron chi connectivity index (χ2n) is 3.35. The molecule has 1 heterocycles. The molecule has 0 spiro atoms. The van der Waals surface area contributed by atoms with Gasteiger partial charge in [0.15, 0.2) is 5.16 Å². The van der Waals surface area contributed by atoms with Crippen molar-refractivity contribution in [3.63, 3.8) is 0 Å². The third-order valence-electron chi connectivity index (χ3n) is 2.30. The lowest BCUT2D eigenvalue weighted by atomic mass is 10.1. The highest BCUT2D eigenvalue weighted by atomic mass is 35.5. The topological polar surface area (TPSA) is 41.6 Å². The molecule has 0 aliphatic heterocycles. The van der Waals surface area contributed by atoms with Crippen molar-refractivity contribution in [2.24, 2.45) is 0 Å². The van der Waals surface area contributed by atoms with Gasteiger partial charge in [-0.2, -0.15) is 5.26 Å². The highest BCUT2D eigenvalue weighted by molar-refractivity contribution is 7.98. The van der Waals surface area contributed by atoms with Gasteiger partial charge in [0.1, 0.15) is 0 Å². The molecule has 0 atom stereocenters. The number of aromatic nitrogens is 2. The predicted molar refractivity (Wildman–Crippen MR) is 71.5 cm³/mol. The van der Waals surface area contributed by atoms with E-state index in [1.807, 2.05) is 36.7 Å². The smallest absolute Gasteiger partial charge is 0.167 e. The summed E-state index contributed by atoms with van der Waals surface area (Å²) < 4.78 is 2.09. The summed E-state index contributed by atoms with van der Waals surface area (Å²) in [5.74, 6) is 0. The van der Waals surface area contributed by atoms with E-state index in [4.69, 9.17) is 5.26 Å². The molecule has 17 heavy (non-hydrogen) atoms. The van der Waals surface area contributed by atoms with Crippen LogP contribution in [-0.4, -0.2) is 15.8 Å². The van der Waals surface area contributed by atoms with Gasteiger partial charge < -0.3 is 4.57 Å². The number of thioether (sulfide) groups is 1. The summed E-state index contributed by atoms with van der Waals surface area (Å²) in [6.45, 7) is 0.794.